The molecule has 1 unspecified atom stereocenters. The molecule has 0 aromatic heterocycles. The summed E-state index contributed by atoms with van der Waals surface area (Å²) >= 11 is 0. The topological polar surface area (TPSA) is 108 Å². The first-order chi connectivity index (χ1) is 7.24. The van der Waals surface area contributed by atoms with Crippen LogP contribution in [-0.4, -0.2) is 67.5 Å². The van der Waals surface area contributed by atoms with E-state index in [-0.39, 0.29) is 6.54 Å². The minimum Gasteiger partial charge on any atom is -0.363 e. The molecule has 0 spiro atoms. The Balaban J connectivity index is 4.81. The molecule has 1 atom stereocenters. The second kappa shape index (κ2) is 5.75. The van der Waals surface area contributed by atoms with Gasteiger partial charge >= 0.3 is 11.8 Å². The molecule has 0 aromatic carbocycles. The van der Waals surface area contributed by atoms with Crippen molar-refractivity contribution in [3.05, 3.63) is 0 Å². The maximum atomic E-state index is 11.6. The number of rotatable bonds is 5. The van der Waals surface area contributed by atoms with Crippen LogP contribution in [0.5, 0.6) is 0 Å². The first-order valence-corrected chi connectivity index (χ1v) is 4.54. The molecule has 0 aliphatic rings. The van der Waals surface area contributed by atoms with Crippen LogP contribution in [0.4, 0.5) is 0 Å². The summed E-state index contributed by atoms with van der Waals surface area (Å²) in [5.41, 5.74) is 5.08. The highest BCUT2D eigenvalue weighted by Crippen LogP contribution is 2.07. The monoisotopic (exact) mass is 234 g/mol. The molecule has 0 heterocycles. The van der Waals surface area contributed by atoms with Crippen LogP contribution in [0.2, 0.25) is 0 Å². The van der Waals surface area contributed by atoms with Crippen molar-refractivity contribution >= 4 is 11.9 Å². The van der Waals surface area contributed by atoms with Gasteiger partial charge in [-0.25, -0.2) is 4.79 Å². The van der Waals surface area contributed by atoms with Crippen LogP contribution in [0.25, 0.3) is 0 Å². The van der Waals surface area contributed by atoms with E-state index in [4.69, 9.17) is 5.73 Å². The second-order valence-corrected chi connectivity index (χ2v) is 3.51. The lowest BCUT2D eigenvalue weighted by atomic mass is 10.3. The normalized spacial score (nSPS) is 14.8. The fraction of sp³-hybridized carbons (Fsp3) is 0.750. The number of nitrogens with zero attached hydrogens (tertiary/aromatic N) is 2. The maximum absolute atomic E-state index is 11.6. The number of likely N-dealkylation sites (N-methyl/N-ethyl adjacent to an activating group) is 1. The third-order valence-corrected chi connectivity index (χ3v) is 1.70. The van der Waals surface area contributed by atoms with Crippen LogP contribution in [0, 0.1) is 0 Å². The van der Waals surface area contributed by atoms with Gasteiger partial charge in [0.2, 0.25) is 5.91 Å². The quantitative estimate of drug-likeness (QED) is 0.350. The van der Waals surface area contributed by atoms with Gasteiger partial charge in [0, 0.05) is 14.1 Å². The Morgan fingerprint density at radius 1 is 1.38 bits per heavy atom. The minimum atomic E-state index is -2.24. The lowest BCUT2D eigenvalue weighted by Crippen LogP contribution is -2.65. The zero-order valence-electron chi connectivity index (χ0n) is 9.85. The standard InChI is InChI=1S/C8H18N4O4/c1-11(2)8(15,10-6(13)5-9)7(14)16-12(3)4/h15H,5,9H2,1-4H3,(H,10,13). The van der Waals surface area contributed by atoms with Gasteiger partial charge in [0.1, 0.15) is 0 Å². The van der Waals surface area contributed by atoms with Crippen molar-refractivity contribution in [2.75, 3.05) is 34.7 Å². The van der Waals surface area contributed by atoms with Gasteiger partial charge in [-0.05, 0) is 14.1 Å². The van der Waals surface area contributed by atoms with E-state index >= 15 is 0 Å². The summed E-state index contributed by atoms with van der Waals surface area (Å²) in [4.78, 5) is 28.4. The van der Waals surface area contributed by atoms with Crippen molar-refractivity contribution in [3.63, 3.8) is 0 Å². The molecule has 16 heavy (non-hydrogen) atoms. The SMILES string of the molecule is CN(C)OC(=O)C(O)(NC(=O)CN)N(C)C. The molecule has 0 saturated carbocycles. The summed E-state index contributed by atoms with van der Waals surface area (Å²) in [5, 5.41) is 13.1. The van der Waals surface area contributed by atoms with Crippen molar-refractivity contribution in [1.29, 1.82) is 0 Å². The zero-order valence-corrected chi connectivity index (χ0v) is 9.85. The van der Waals surface area contributed by atoms with E-state index in [9.17, 15) is 14.7 Å². The van der Waals surface area contributed by atoms with Crippen LogP contribution in [-0.2, 0) is 14.4 Å². The highest BCUT2D eigenvalue weighted by Gasteiger charge is 2.42. The van der Waals surface area contributed by atoms with E-state index in [1.165, 1.54) is 28.2 Å². The molecular formula is C8H18N4O4. The van der Waals surface area contributed by atoms with E-state index in [0.717, 1.165) is 9.96 Å². The number of carbonyl (C=O) groups is 2. The molecule has 0 bridgehead atoms. The number of hydroxylamine groups is 2. The third-order valence-electron chi connectivity index (χ3n) is 1.70. The summed E-state index contributed by atoms with van der Waals surface area (Å²) in [6.45, 7) is -0.342. The zero-order chi connectivity index (χ0) is 12.9. The summed E-state index contributed by atoms with van der Waals surface area (Å²) in [6, 6.07) is 0. The largest absolute Gasteiger partial charge is 0.395 e. The molecule has 0 saturated heterocycles. The molecule has 4 N–H and O–H groups in total. The molecule has 0 aliphatic heterocycles. The predicted molar refractivity (Wildman–Crippen MR) is 55.6 cm³/mol. The lowest BCUT2D eigenvalue weighted by molar-refractivity contribution is -0.222. The van der Waals surface area contributed by atoms with Crippen molar-refractivity contribution < 1.29 is 19.5 Å². The molecule has 0 fully saturated rings. The fourth-order valence-electron chi connectivity index (χ4n) is 0.820. The van der Waals surface area contributed by atoms with E-state index in [1.807, 2.05) is 0 Å². The van der Waals surface area contributed by atoms with Crippen molar-refractivity contribution in [1.82, 2.24) is 15.3 Å². The summed E-state index contributed by atoms with van der Waals surface area (Å²) in [7, 11) is 5.76. The second-order valence-electron chi connectivity index (χ2n) is 3.51. The first kappa shape index (κ1) is 14.8. The van der Waals surface area contributed by atoms with Crippen molar-refractivity contribution in [2.24, 2.45) is 5.73 Å². The lowest BCUT2D eigenvalue weighted by Gasteiger charge is -2.32. The molecule has 8 nitrogen and oxygen atoms in total. The van der Waals surface area contributed by atoms with Crippen LogP contribution in [0.15, 0.2) is 0 Å². The predicted octanol–water partition coefficient (Wildman–Crippen LogP) is -2.71. The fourth-order valence-corrected chi connectivity index (χ4v) is 0.820. The molecule has 0 aliphatic carbocycles. The first-order valence-electron chi connectivity index (χ1n) is 4.54. The number of hydrogen-bond donors (Lipinski definition) is 3. The Bertz CT molecular complexity index is 269. The third kappa shape index (κ3) is 3.74. The molecule has 1 amide bonds. The summed E-state index contributed by atoms with van der Waals surface area (Å²) in [6.07, 6.45) is 0. The van der Waals surface area contributed by atoms with Gasteiger partial charge in [-0.1, -0.05) is 0 Å². The number of hydrogen-bond acceptors (Lipinski definition) is 7. The van der Waals surface area contributed by atoms with Gasteiger partial charge in [-0.15, -0.1) is 5.06 Å². The molecule has 8 heteroatoms. The Hall–Kier alpha value is -1.22. The summed E-state index contributed by atoms with van der Waals surface area (Å²) < 4.78 is 0. The van der Waals surface area contributed by atoms with Crippen molar-refractivity contribution in [2.45, 2.75) is 5.85 Å². The van der Waals surface area contributed by atoms with Gasteiger partial charge < -0.3 is 21.0 Å². The highest BCUT2D eigenvalue weighted by atomic mass is 16.7. The van der Waals surface area contributed by atoms with Gasteiger partial charge in [0.15, 0.2) is 0 Å². The maximum Gasteiger partial charge on any atom is 0.395 e. The van der Waals surface area contributed by atoms with E-state index < -0.39 is 17.7 Å². The van der Waals surface area contributed by atoms with Crippen LogP contribution < -0.4 is 11.1 Å². The number of carbonyl (C=O) groups excluding carboxylic acids is 2. The van der Waals surface area contributed by atoms with E-state index in [0.29, 0.717) is 0 Å². The van der Waals surface area contributed by atoms with Crippen LogP contribution >= 0.6 is 0 Å². The molecule has 0 rings (SSSR count). The van der Waals surface area contributed by atoms with Gasteiger partial charge in [-0.3, -0.25) is 9.69 Å². The average Bonchev–Trinajstić information content (AvgIpc) is 2.15. The Kier molecular flexibility index (Phi) is 5.31. The Labute approximate surface area is 93.9 Å². The Morgan fingerprint density at radius 2 is 1.88 bits per heavy atom. The average molecular weight is 234 g/mol. The van der Waals surface area contributed by atoms with Crippen LogP contribution in [0.1, 0.15) is 0 Å². The molecule has 0 aromatic rings. The van der Waals surface area contributed by atoms with Gasteiger partial charge in [0.25, 0.3) is 0 Å². The molecule has 0 radical (unpaired) electrons. The van der Waals surface area contributed by atoms with Crippen LogP contribution in [0.3, 0.4) is 0 Å². The molecular weight excluding hydrogens is 216 g/mol. The Morgan fingerprint density at radius 3 is 2.19 bits per heavy atom. The summed E-state index contributed by atoms with van der Waals surface area (Å²) in [5.74, 6) is -3.93. The van der Waals surface area contributed by atoms with Gasteiger partial charge in [-0.2, -0.15) is 0 Å². The molecule has 94 valence electrons. The number of nitrogens with two attached hydrogens (primary N) is 1. The van der Waals surface area contributed by atoms with E-state index in [2.05, 4.69) is 10.2 Å². The van der Waals surface area contributed by atoms with Crippen molar-refractivity contribution in [3.8, 4) is 0 Å². The highest BCUT2D eigenvalue weighted by molar-refractivity contribution is 5.86. The smallest absolute Gasteiger partial charge is 0.363 e. The number of nitrogens with one attached hydrogen (secondary N) is 1. The minimum absolute atomic E-state index is 0.342. The van der Waals surface area contributed by atoms with E-state index in [1.54, 1.807) is 0 Å². The number of aliphatic hydroxyl groups is 1. The van der Waals surface area contributed by atoms with Gasteiger partial charge in [0.05, 0.1) is 6.54 Å². The number of amides is 1.